The van der Waals surface area contributed by atoms with E-state index in [1.807, 2.05) is 36.5 Å². The van der Waals surface area contributed by atoms with E-state index in [1.165, 1.54) is 11.1 Å². The van der Waals surface area contributed by atoms with Crippen LogP contribution < -0.4 is 0 Å². The van der Waals surface area contributed by atoms with Gasteiger partial charge in [-0.2, -0.15) is 0 Å². The quantitative estimate of drug-likeness (QED) is 0.163. The molecular weight excluding hydrogens is 800 g/mol. The number of hydrogen-bond acceptors (Lipinski definition) is 4. The minimum atomic E-state index is -0.0674. The van der Waals surface area contributed by atoms with Crippen LogP contribution in [0.4, 0.5) is 0 Å². The van der Waals surface area contributed by atoms with E-state index < -0.39 is 0 Å². The van der Waals surface area contributed by atoms with Gasteiger partial charge in [-0.15, -0.1) is 40.7 Å². The molecule has 7 rings (SSSR count). The third kappa shape index (κ3) is 7.04. The van der Waals surface area contributed by atoms with Crippen LogP contribution in [-0.2, 0) is 26.5 Å². The Morgan fingerprint density at radius 1 is 0.673 bits per heavy atom. The number of benzene rings is 5. The van der Waals surface area contributed by atoms with E-state index in [4.69, 9.17) is 4.98 Å². The molecule has 0 radical (unpaired) electrons. The van der Waals surface area contributed by atoms with Gasteiger partial charge in [0.05, 0.1) is 11.1 Å². The van der Waals surface area contributed by atoms with Gasteiger partial charge >= 0.3 is 0 Å². The van der Waals surface area contributed by atoms with Gasteiger partial charge in [-0.05, 0) is 40.3 Å². The summed E-state index contributed by atoms with van der Waals surface area (Å²) in [6.07, 6.45) is 1.83. The predicted molar refractivity (Wildman–Crippen MR) is 201 cm³/mol. The second-order valence-corrected chi connectivity index (χ2v) is 14.6. The molecule has 2 aromatic heterocycles. The molecule has 0 fully saturated rings. The number of phenols is 1. The first-order chi connectivity index (χ1) is 23.2. The van der Waals surface area contributed by atoms with Gasteiger partial charge in [0.25, 0.3) is 0 Å². The van der Waals surface area contributed by atoms with Crippen LogP contribution in [0.25, 0.3) is 43.2 Å². The smallest absolute Gasteiger partial charge is 0.129 e. The molecule has 2 unspecified atom stereocenters. The van der Waals surface area contributed by atoms with Crippen molar-refractivity contribution in [2.45, 2.75) is 51.9 Å². The van der Waals surface area contributed by atoms with E-state index in [9.17, 15) is 5.11 Å². The number of aromatic hydroxyl groups is 1. The summed E-state index contributed by atoms with van der Waals surface area (Å²) >= 11 is 1.62. The Kier molecular flexibility index (Phi) is 10.0. The number of thiazole rings is 1. The Labute approximate surface area is 308 Å². The van der Waals surface area contributed by atoms with Crippen LogP contribution in [0, 0.1) is 6.07 Å². The van der Waals surface area contributed by atoms with Gasteiger partial charge in [0.1, 0.15) is 10.8 Å². The molecule has 2 heterocycles. The second-order valence-electron chi connectivity index (χ2n) is 13.6. The van der Waals surface area contributed by atoms with E-state index in [2.05, 4.69) is 137 Å². The van der Waals surface area contributed by atoms with Gasteiger partial charge in [-0.25, -0.2) is 4.98 Å². The van der Waals surface area contributed by atoms with Crippen molar-refractivity contribution in [1.82, 2.24) is 9.97 Å². The molecule has 0 aliphatic rings. The zero-order chi connectivity index (χ0) is 33.4. The third-order valence-corrected chi connectivity index (χ3v) is 10.4. The first kappa shape index (κ1) is 34.5. The van der Waals surface area contributed by atoms with Crippen LogP contribution in [-0.4, -0.2) is 15.1 Å². The number of fused-ring (bicyclic) bond motifs is 1. The molecule has 0 bridgehead atoms. The van der Waals surface area contributed by atoms with Gasteiger partial charge in [-0.3, -0.25) is 4.98 Å². The molecule has 3 nitrogen and oxygen atoms in total. The Morgan fingerprint density at radius 2 is 1.33 bits per heavy atom. The number of nitrogens with zero attached hydrogens (tertiary/aromatic N) is 2. The van der Waals surface area contributed by atoms with E-state index in [0.717, 1.165) is 59.9 Å². The predicted octanol–water partition coefficient (Wildman–Crippen LogP) is 11.8. The number of para-hydroxylation sites is 1. The van der Waals surface area contributed by atoms with Crippen molar-refractivity contribution in [3.05, 3.63) is 161 Å². The second kappa shape index (κ2) is 14.2. The number of hydrogen-bond donors (Lipinski definition) is 1. The van der Waals surface area contributed by atoms with Crippen molar-refractivity contribution in [3.63, 3.8) is 0 Å². The van der Waals surface area contributed by atoms with Gasteiger partial charge in [0.15, 0.2) is 0 Å². The monoisotopic (exact) mass is 838 g/mol. The maximum absolute atomic E-state index is 12.0. The maximum Gasteiger partial charge on any atom is 0.129 e. The summed E-state index contributed by atoms with van der Waals surface area (Å²) in [5, 5.41) is 12.8. The van der Waals surface area contributed by atoms with E-state index >= 15 is 0 Å². The molecule has 248 valence electrons. The summed E-state index contributed by atoms with van der Waals surface area (Å²) in [7, 11) is 0. The molecule has 5 heteroatoms. The average molecular weight is 839 g/mol. The van der Waals surface area contributed by atoms with Crippen molar-refractivity contribution in [1.29, 1.82) is 0 Å². The van der Waals surface area contributed by atoms with Crippen molar-refractivity contribution in [2.24, 2.45) is 0 Å². The summed E-state index contributed by atoms with van der Waals surface area (Å²) in [5.74, 6) is 0.421. The third-order valence-electron chi connectivity index (χ3n) is 9.34. The molecule has 1 N–H and O–H groups in total. The van der Waals surface area contributed by atoms with E-state index in [0.29, 0.717) is 0 Å². The van der Waals surface area contributed by atoms with Crippen LogP contribution in [0.3, 0.4) is 0 Å². The maximum atomic E-state index is 12.0. The molecule has 0 aliphatic heterocycles. The molecule has 7 aromatic rings. The number of phenolic OH excluding ortho intramolecular Hbond substituents is 1. The summed E-state index contributed by atoms with van der Waals surface area (Å²) in [6, 6.07) is 45.7. The molecular formula is C44H39N2OPtS-. The van der Waals surface area contributed by atoms with Crippen molar-refractivity contribution in [3.8, 4) is 38.7 Å². The SMILES string of the molecule is CC(c1ccccc1)c1cc(-c2nc3c(-c4[c-]c(-c5ccccn5)cc(C(C)(C)C)c4)cccc3s2)c(O)c(C(C)c2ccccc2)c1.[Pt]. The summed E-state index contributed by atoms with van der Waals surface area (Å²) < 4.78 is 1.06. The molecule has 2 atom stereocenters. The molecule has 0 saturated carbocycles. The number of rotatable bonds is 7. The summed E-state index contributed by atoms with van der Waals surface area (Å²) in [5.41, 5.74) is 11.1. The Balaban J connectivity index is 0.00000417. The largest absolute Gasteiger partial charge is 0.507 e. The molecule has 0 amide bonds. The fourth-order valence-electron chi connectivity index (χ4n) is 6.37. The minimum absolute atomic E-state index is 0. The summed E-state index contributed by atoms with van der Waals surface area (Å²) in [6.45, 7) is 11.1. The number of pyridine rings is 1. The Bertz CT molecular complexity index is 2210. The number of aromatic nitrogens is 2. The van der Waals surface area contributed by atoms with Crippen LogP contribution >= 0.6 is 11.3 Å². The molecule has 49 heavy (non-hydrogen) atoms. The summed E-state index contributed by atoms with van der Waals surface area (Å²) in [4.78, 5) is 9.92. The first-order valence-corrected chi connectivity index (χ1v) is 17.4. The average Bonchev–Trinajstić information content (AvgIpc) is 3.56. The molecule has 0 spiro atoms. The van der Waals surface area contributed by atoms with Crippen molar-refractivity contribution in [2.75, 3.05) is 0 Å². The fraction of sp³-hybridized carbons (Fsp3) is 0.182. The van der Waals surface area contributed by atoms with Gasteiger partial charge in [-0.1, -0.05) is 137 Å². The van der Waals surface area contributed by atoms with Crippen LogP contribution in [0.1, 0.15) is 74.3 Å². The van der Waals surface area contributed by atoms with Gasteiger partial charge in [0, 0.05) is 55.1 Å². The minimum Gasteiger partial charge on any atom is -0.507 e. The zero-order valence-electron chi connectivity index (χ0n) is 28.3. The molecule has 0 saturated heterocycles. The standard InChI is InChI=1S/C44H39N2OS.Pt/c1-28(30-15-8-6-9-16-30)32-26-37(29(2)31-17-10-7-11-18-31)42(47)38(27-32)43-46-41-36(19-14-21-40(41)48-43)33-23-34(39-20-12-13-22-45-39)25-35(24-33)44(3,4)5;/h6-22,24-29,47H,1-5H3;/q-1;. The van der Waals surface area contributed by atoms with Crippen molar-refractivity contribution < 1.29 is 26.2 Å². The van der Waals surface area contributed by atoms with E-state index in [1.54, 1.807) is 11.3 Å². The van der Waals surface area contributed by atoms with Gasteiger partial charge in [0.2, 0.25) is 0 Å². The van der Waals surface area contributed by atoms with Crippen LogP contribution in [0.15, 0.2) is 128 Å². The van der Waals surface area contributed by atoms with Crippen LogP contribution in [0.5, 0.6) is 5.75 Å². The van der Waals surface area contributed by atoms with E-state index in [-0.39, 0.29) is 44.1 Å². The fourth-order valence-corrected chi connectivity index (χ4v) is 7.38. The molecule has 5 aromatic carbocycles. The Hall–Kier alpha value is -4.37. The van der Waals surface area contributed by atoms with Crippen molar-refractivity contribution >= 4 is 21.6 Å². The first-order valence-electron chi connectivity index (χ1n) is 16.5. The van der Waals surface area contributed by atoms with Crippen LogP contribution in [0.2, 0.25) is 0 Å². The Morgan fingerprint density at radius 3 is 1.98 bits per heavy atom. The molecule has 0 aliphatic carbocycles. The topological polar surface area (TPSA) is 46.0 Å². The normalized spacial score (nSPS) is 12.8. The van der Waals surface area contributed by atoms with Gasteiger partial charge < -0.3 is 5.11 Å². The zero-order valence-corrected chi connectivity index (χ0v) is 31.4.